The molecule has 1 aliphatic heterocycles. The second-order valence-corrected chi connectivity index (χ2v) is 9.30. The van der Waals surface area contributed by atoms with Crippen LogP contribution in [0.2, 0.25) is 0 Å². The summed E-state index contributed by atoms with van der Waals surface area (Å²) in [4.78, 5) is 2.24. The number of piperazine rings is 1. The second-order valence-electron chi connectivity index (χ2n) is 7.39. The Morgan fingerprint density at radius 3 is 2.43 bits per heavy atom. The van der Waals surface area contributed by atoms with Crippen LogP contribution in [0.25, 0.3) is 0 Å². The topological polar surface area (TPSA) is 84.6 Å². The number of fused-ring (bicyclic) bond motifs is 1. The molecule has 2 aromatic rings. The number of hydrogen-bond donors (Lipinski definition) is 1. The average molecular weight is 398 g/mol. The molecule has 0 radical (unpaired) electrons. The quantitative estimate of drug-likeness (QED) is 0.855. The monoisotopic (exact) mass is 397 g/mol. The smallest absolute Gasteiger partial charge is 0.244 e. The Bertz CT molecular complexity index is 1040. The number of nitrogens with zero attached hydrogens (tertiary/aromatic N) is 3. The Balaban J connectivity index is 1.45. The van der Waals surface area contributed by atoms with Crippen LogP contribution in [0, 0.1) is 11.3 Å². The van der Waals surface area contributed by atoms with E-state index in [1.54, 1.807) is 12.1 Å². The van der Waals surface area contributed by atoms with Crippen LogP contribution in [0.15, 0.2) is 41.3 Å². The van der Waals surface area contributed by atoms with Gasteiger partial charge >= 0.3 is 0 Å². The van der Waals surface area contributed by atoms with Gasteiger partial charge in [0, 0.05) is 38.3 Å². The van der Waals surface area contributed by atoms with Crippen molar-refractivity contribution in [1.82, 2.24) is 9.21 Å². The Labute approximate surface area is 165 Å². The first-order chi connectivity index (χ1) is 13.5. The van der Waals surface area contributed by atoms with Crippen molar-refractivity contribution in [2.45, 2.75) is 30.7 Å². The van der Waals surface area contributed by atoms with E-state index in [-0.39, 0.29) is 10.5 Å². The van der Waals surface area contributed by atoms with Crippen LogP contribution >= 0.6 is 0 Å². The minimum absolute atomic E-state index is 0.0715. The maximum Gasteiger partial charge on any atom is 0.244 e. The third-order valence-electron chi connectivity index (χ3n) is 5.64. The van der Waals surface area contributed by atoms with Crippen LogP contribution in [-0.4, -0.2) is 48.9 Å². The van der Waals surface area contributed by atoms with Crippen molar-refractivity contribution < 1.29 is 13.5 Å². The van der Waals surface area contributed by atoms with E-state index in [1.165, 1.54) is 27.6 Å². The summed E-state index contributed by atoms with van der Waals surface area (Å²) in [7, 11) is -3.68. The maximum atomic E-state index is 12.9. The van der Waals surface area contributed by atoms with Gasteiger partial charge in [0.05, 0.1) is 10.5 Å². The highest BCUT2D eigenvalue weighted by Gasteiger charge is 2.30. The van der Waals surface area contributed by atoms with Gasteiger partial charge in [-0.15, -0.1) is 0 Å². The van der Waals surface area contributed by atoms with Gasteiger partial charge in [-0.1, -0.05) is 18.2 Å². The van der Waals surface area contributed by atoms with Gasteiger partial charge < -0.3 is 5.11 Å². The van der Waals surface area contributed by atoms with Gasteiger partial charge in [0.15, 0.2) is 0 Å². The van der Waals surface area contributed by atoms with Gasteiger partial charge in [-0.05, 0) is 48.6 Å². The summed E-state index contributed by atoms with van der Waals surface area (Å²) >= 11 is 0. The second kappa shape index (κ2) is 7.55. The van der Waals surface area contributed by atoms with Crippen LogP contribution in [0.5, 0.6) is 5.75 Å². The van der Waals surface area contributed by atoms with Gasteiger partial charge in [-0.25, -0.2) is 8.42 Å². The van der Waals surface area contributed by atoms with Gasteiger partial charge in [0.25, 0.3) is 0 Å². The molecule has 1 heterocycles. The maximum absolute atomic E-state index is 12.9. The number of phenolic OH excluding ortho intramolecular Hbond substituents is 1. The molecule has 4 rings (SSSR count). The largest absolute Gasteiger partial charge is 0.508 e. The van der Waals surface area contributed by atoms with Crippen molar-refractivity contribution in [3.05, 3.63) is 58.7 Å². The zero-order chi connectivity index (χ0) is 19.7. The summed E-state index contributed by atoms with van der Waals surface area (Å²) < 4.78 is 27.3. The standard InChI is InChI=1S/C21H23N3O3S/c22-14-18-4-1-2-7-21(18)28(26,27)24-10-8-23(9-11-24)15-19-12-16-5-3-6-17(16)13-20(19)25/h1-2,4,7,12-13,25H,3,5-6,8-11,15H2. The number of nitriles is 1. The molecule has 6 nitrogen and oxygen atoms in total. The molecule has 0 aromatic heterocycles. The molecule has 0 unspecified atom stereocenters. The normalized spacial score (nSPS) is 18.0. The molecule has 0 spiro atoms. The van der Waals surface area contributed by atoms with E-state index in [9.17, 15) is 18.8 Å². The number of phenols is 1. The SMILES string of the molecule is N#Cc1ccccc1S(=O)(=O)N1CCN(Cc2cc3c(cc2O)CCC3)CC1. The average Bonchev–Trinajstić information content (AvgIpc) is 3.15. The van der Waals surface area contributed by atoms with Crippen molar-refractivity contribution in [2.75, 3.05) is 26.2 Å². The van der Waals surface area contributed by atoms with Crippen molar-refractivity contribution in [1.29, 1.82) is 5.26 Å². The highest BCUT2D eigenvalue weighted by molar-refractivity contribution is 7.89. The highest BCUT2D eigenvalue weighted by atomic mass is 32.2. The van der Waals surface area contributed by atoms with Gasteiger partial charge in [-0.2, -0.15) is 9.57 Å². The third kappa shape index (κ3) is 3.51. The first-order valence-electron chi connectivity index (χ1n) is 9.54. The number of aromatic hydroxyl groups is 1. The van der Waals surface area contributed by atoms with E-state index in [2.05, 4.69) is 11.0 Å². The van der Waals surface area contributed by atoms with Crippen molar-refractivity contribution in [2.24, 2.45) is 0 Å². The number of sulfonamides is 1. The van der Waals surface area contributed by atoms with E-state index in [0.29, 0.717) is 38.5 Å². The number of aryl methyl sites for hydroxylation is 2. The molecular weight excluding hydrogens is 374 g/mol. The van der Waals surface area contributed by atoms with Crippen LogP contribution in [0.3, 0.4) is 0 Å². The molecule has 2 aliphatic rings. The molecule has 28 heavy (non-hydrogen) atoms. The highest BCUT2D eigenvalue weighted by Crippen LogP contribution is 2.30. The van der Waals surface area contributed by atoms with E-state index in [1.807, 2.05) is 12.1 Å². The molecule has 2 aromatic carbocycles. The Kier molecular flexibility index (Phi) is 5.11. The summed E-state index contributed by atoms with van der Waals surface area (Å²) in [6, 6.07) is 12.3. The summed E-state index contributed by atoms with van der Waals surface area (Å²) in [5.41, 5.74) is 3.65. The molecule has 0 bridgehead atoms. The minimum atomic E-state index is -3.68. The molecular formula is C21H23N3O3S. The predicted molar refractivity (Wildman–Crippen MR) is 105 cm³/mol. The van der Waals surface area contributed by atoms with Crippen molar-refractivity contribution in [3.63, 3.8) is 0 Å². The van der Waals surface area contributed by atoms with Gasteiger partial charge in [0.1, 0.15) is 11.8 Å². The minimum Gasteiger partial charge on any atom is -0.508 e. The number of rotatable bonds is 4. The lowest BCUT2D eigenvalue weighted by molar-refractivity contribution is 0.180. The predicted octanol–water partition coefficient (Wildman–Crippen LogP) is 2.26. The first-order valence-corrected chi connectivity index (χ1v) is 11.0. The van der Waals surface area contributed by atoms with E-state index in [0.717, 1.165) is 24.8 Å². The molecule has 146 valence electrons. The van der Waals surface area contributed by atoms with Crippen LogP contribution in [0.1, 0.15) is 28.7 Å². The van der Waals surface area contributed by atoms with Crippen LogP contribution < -0.4 is 0 Å². The molecule has 0 atom stereocenters. The molecule has 1 fully saturated rings. The fourth-order valence-corrected chi connectivity index (χ4v) is 5.65. The summed E-state index contributed by atoms with van der Waals surface area (Å²) in [6.07, 6.45) is 3.23. The fourth-order valence-electron chi connectivity index (χ4n) is 4.08. The zero-order valence-corrected chi connectivity index (χ0v) is 16.5. The lowest BCUT2D eigenvalue weighted by Crippen LogP contribution is -2.48. The molecule has 1 N–H and O–H groups in total. The Morgan fingerprint density at radius 1 is 1.04 bits per heavy atom. The number of benzene rings is 2. The molecule has 1 aliphatic carbocycles. The van der Waals surface area contributed by atoms with E-state index >= 15 is 0 Å². The van der Waals surface area contributed by atoms with Gasteiger partial charge in [0.2, 0.25) is 10.0 Å². The fraction of sp³-hybridized carbons (Fsp3) is 0.381. The Hall–Kier alpha value is -2.40. The summed E-state index contributed by atoms with van der Waals surface area (Å²) in [6.45, 7) is 2.53. The molecule has 1 saturated heterocycles. The number of hydrogen-bond acceptors (Lipinski definition) is 5. The van der Waals surface area contributed by atoms with Gasteiger partial charge in [-0.3, -0.25) is 4.90 Å². The van der Waals surface area contributed by atoms with E-state index in [4.69, 9.17) is 0 Å². The van der Waals surface area contributed by atoms with Crippen LogP contribution in [0.4, 0.5) is 0 Å². The lowest BCUT2D eigenvalue weighted by Gasteiger charge is -2.34. The molecule has 7 heteroatoms. The molecule has 0 saturated carbocycles. The van der Waals surface area contributed by atoms with Crippen molar-refractivity contribution in [3.8, 4) is 11.8 Å². The van der Waals surface area contributed by atoms with Crippen molar-refractivity contribution >= 4 is 10.0 Å². The van der Waals surface area contributed by atoms with Crippen LogP contribution in [-0.2, 0) is 29.4 Å². The molecule has 0 amide bonds. The van der Waals surface area contributed by atoms with E-state index < -0.39 is 10.0 Å². The lowest BCUT2D eigenvalue weighted by atomic mass is 10.0. The zero-order valence-electron chi connectivity index (χ0n) is 15.6. The summed E-state index contributed by atoms with van der Waals surface area (Å²) in [5.74, 6) is 0.332. The first kappa shape index (κ1) is 18.9. The Morgan fingerprint density at radius 2 is 1.71 bits per heavy atom. The summed E-state index contributed by atoms with van der Waals surface area (Å²) in [5, 5.41) is 19.5. The third-order valence-corrected chi connectivity index (χ3v) is 7.60.